The van der Waals surface area contributed by atoms with Crippen molar-refractivity contribution in [2.24, 2.45) is 17.8 Å². The molecule has 0 amide bonds. The Hall–Kier alpha value is -0.370. The average Bonchev–Trinajstić information content (AvgIpc) is 3.07. The summed E-state index contributed by atoms with van der Waals surface area (Å²) in [6.45, 7) is 0. The van der Waals surface area contributed by atoms with Crippen molar-refractivity contribution in [1.82, 2.24) is 0 Å². The summed E-state index contributed by atoms with van der Waals surface area (Å²) in [7, 11) is -7.17. The standard InChI is InChI=1S/C8H14S.C4HF9O3S/c9-5-8-4-6-1-2-7(8)3-6;5-1(6,3(9,10)11)2(7,8)4(12,13)17(14,15)16/h6-9H,1-5H2;(H,14,15,16). The quantitative estimate of drug-likeness (QED) is 0.379. The number of hydrogen-bond acceptors (Lipinski definition) is 3. The smallest absolute Gasteiger partial charge is 0.281 e. The monoisotopic (exact) mass is 442 g/mol. The van der Waals surface area contributed by atoms with Crippen molar-refractivity contribution in [1.29, 1.82) is 0 Å². The van der Waals surface area contributed by atoms with Crippen LogP contribution in [0.4, 0.5) is 39.5 Å². The van der Waals surface area contributed by atoms with Crippen LogP contribution in [-0.2, 0) is 10.1 Å². The van der Waals surface area contributed by atoms with Crippen molar-refractivity contribution in [2.75, 3.05) is 5.75 Å². The first-order valence-electron chi connectivity index (χ1n) is 7.18. The second-order valence-corrected chi connectivity index (χ2v) is 8.08. The van der Waals surface area contributed by atoms with Crippen LogP contribution in [0.5, 0.6) is 0 Å². The van der Waals surface area contributed by atoms with Crippen LogP contribution in [0.2, 0.25) is 0 Å². The van der Waals surface area contributed by atoms with Gasteiger partial charge >= 0.3 is 33.4 Å². The van der Waals surface area contributed by atoms with E-state index in [9.17, 15) is 47.9 Å². The molecular weight excluding hydrogens is 427 g/mol. The minimum Gasteiger partial charge on any atom is -0.281 e. The third-order valence-electron chi connectivity index (χ3n) is 4.56. The van der Waals surface area contributed by atoms with Gasteiger partial charge in [-0.25, -0.2) is 0 Å². The molecule has 3 atom stereocenters. The first kappa shape index (κ1) is 23.7. The minimum absolute atomic E-state index is 0.993. The van der Waals surface area contributed by atoms with Crippen molar-refractivity contribution < 1.29 is 52.5 Å². The molecule has 0 saturated heterocycles. The van der Waals surface area contributed by atoms with Gasteiger partial charge in [-0.3, -0.25) is 4.55 Å². The number of thiol groups is 1. The predicted octanol–water partition coefficient (Wildman–Crippen LogP) is 4.65. The van der Waals surface area contributed by atoms with Crippen molar-refractivity contribution >= 4 is 22.7 Å². The molecule has 3 nitrogen and oxygen atoms in total. The highest BCUT2D eigenvalue weighted by Gasteiger charge is 2.85. The molecule has 2 rings (SSSR count). The normalized spacial score (nSPS) is 27.3. The van der Waals surface area contributed by atoms with E-state index in [1.165, 1.54) is 25.7 Å². The molecule has 3 unspecified atom stereocenters. The number of fused-ring (bicyclic) bond motifs is 2. The van der Waals surface area contributed by atoms with Gasteiger partial charge in [-0.2, -0.15) is 60.6 Å². The summed E-state index contributed by atoms with van der Waals surface area (Å²) in [4.78, 5) is 0. The molecule has 2 bridgehead atoms. The van der Waals surface area contributed by atoms with Gasteiger partial charge in [0.2, 0.25) is 0 Å². The van der Waals surface area contributed by atoms with Crippen LogP contribution in [0.1, 0.15) is 25.7 Å². The lowest BCUT2D eigenvalue weighted by molar-refractivity contribution is -0.382. The Kier molecular flexibility index (Phi) is 6.58. The zero-order valence-electron chi connectivity index (χ0n) is 12.8. The molecule has 2 aliphatic rings. The molecule has 2 saturated carbocycles. The van der Waals surface area contributed by atoms with Crippen molar-refractivity contribution in [3.63, 3.8) is 0 Å². The maximum absolute atomic E-state index is 12.2. The van der Waals surface area contributed by atoms with Gasteiger partial charge in [0.25, 0.3) is 0 Å². The average molecular weight is 442 g/mol. The molecule has 0 aromatic carbocycles. The lowest BCUT2D eigenvalue weighted by atomic mass is 9.90. The summed E-state index contributed by atoms with van der Waals surface area (Å²) in [5.41, 5.74) is 0. The Labute approximate surface area is 148 Å². The van der Waals surface area contributed by atoms with Crippen LogP contribution < -0.4 is 0 Å². The topological polar surface area (TPSA) is 54.4 Å². The lowest BCUT2D eigenvalue weighted by Gasteiger charge is -2.31. The molecule has 0 aliphatic heterocycles. The van der Waals surface area contributed by atoms with E-state index in [4.69, 9.17) is 4.55 Å². The van der Waals surface area contributed by atoms with Crippen LogP contribution in [0.15, 0.2) is 0 Å². The summed E-state index contributed by atoms with van der Waals surface area (Å²) in [6, 6.07) is 0. The molecule has 0 heterocycles. The third kappa shape index (κ3) is 4.05. The van der Waals surface area contributed by atoms with E-state index < -0.39 is 33.4 Å². The SMILES string of the molecule is O=S(=O)(O)C(F)(F)C(F)(F)C(F)(F)C(F)(F)F.SCC1CC2CCC1C2. The zero-order valence-corrected chi connectivity index (χ0v) is 14.5. The van der Waals surface area contributed by atoms with E-state index >= 15 is 0 Å². The van der Waals surface area contributed by atoms with Crippen molar-refractivity contribution in [3.8, 4) is 0 Å². The maximum Gasteiger partial charge on any atom is 0.460 e. The molecule has 26 heavy (non-hydrogen) atoms. The summed E-state index contributed by atoms with van der Waals surface area (Å²) < 4.78 is 134. The van der Waals surface area contributed by atoms with Gasteiger partial charge in [-0.15, -0.1) is 0 Å². The van der Waals surface area contributed by atoms with Crippen LogP contribution in [-0.4, -0.2) is 42.0 Å². The fourth-order valence-corrected chi connectivity index (χ4v) is 4.02. The van der Waals surface area contributed by atoms with Gasteiger partial charge in [0, 0.05) is 0 Å². The first-order valence-corrected chi connectivity index (χ1v) is 9.25. The van der Waals surface area contributed by atoms with E-state index in [1.54, 1.807) is 0 Å². The number of hydrogen-bond donors (Lipinski definition) is 2. The van der Waals surface area contributed by atoms with Gasteiger partial charge in [0.1, 0.15) is 0 Å². The van der Waals surface area contributed by atoms with Gasteiger partial charge in [0.15, 0.2) is 0 Å². The molecule has 1 N–H and O–H groups in total. The van der Waals surface area contributed by atoms with Gasteiger partial charge in [-0.05, 0) is 42.8 Å². The molecule has 0 aromatic heterocycles. The summed E-state index contributed by atoms with van der Waals surface area (Å²) in [6.07, 6.45) is -1.07. The van der Waals surface area contributed by atoms with Crippen LogP contribution in [0.25, 0.3) is 0 Å². The van der Waals surface area contributed by atoms with Crippen molar-refractivity contribution in [3.05, 3.63) is 0 Å². The first-order chi connectivity index (χ1) is 11.4. The Bertz CT molecular complexity index is 604. The fraction of sp³-hybridized carbons (Fsp3) is 1.00. The van der Waals surface area contributed by atoms with Crippen LogP contribution >= 0.6 is 12.6 Å². The highest BCUT2D eigenvalue weighted by Crippen LogP contribution is 2.54. The second-order valence-electron chi connectivity index (χ2n) is 6.26. The molecule has 156 valence electrons. The van der Waals surface area contributed by atoms with Gasteiger partial charge in [-0.1, -0.05) is 6.42 Å². The molecule has 2 fully saturated rings. The predicted molar refractivity (Wildman–Crippen MR) is 75.2 cm³/mol. The third-order valence-corrected chi connectivity index (χ3v) is 5.93. The van der Waals surface area contributed by atoms with Crippen molar-refractivity contribution in [2.45, 2.75) is 49.0 Å². The minimum atomic E-state index is -7.37. The Morgan fingerprint density at radius 1 is 0.885 bits per heavy atom. The Balaban J connectivity index is 0.000000308. The second kappa shape index (κ2) is 7.22. The maximum atomic E-state index is 12.2. The Morgan fingerprint density at radius 3 is 1.62 bits per heavy atom. The molecule has 14 heteroatoms. The van der Waals surface area contributed by atoms with E-state index in [2.05, 4.69) is 12.6 Å². The van der Waals surface area contributed by atoms with Gasteiger partial charge < -0.3 is 0 Å². The van der Waals surface area contributed by atoms with Crippen LogP contribution in [0.3, 0.4) is 0 Å². The zero-order chi connectivity index (χ0) is 20.8. The van der Waals surface area contributed by atoms with E-state index in [0.717, 1.165) is 23.5 Å². The van der Waals surface area contributed by atoms with E-state index in [-0.39, 0.29) is 0 Å². The molecule has 0 aromatic rings. The Morgan fingerprint density at radius 2 is 1.38 bits per heavy atom. The summed E-state index contributed by atoms with van der Waals surface area (Å²) >= 11 is 4.35. The van der Waals surface area contributed by atoms with E-state index in [0.29, 0.717) is 0 Å². The largest absolute Gasteiger partial charge is 0.460 e. The molecular formula is C12H15F9O3S2. The van der Waals surface area contributed by atoms with E-state index in [1.807, 2.05) is 0 Å². The molecule has 0 radical (unpaired) electrons. The summed E-state index contributed by atoms with van der Waals surface area (Å²) in [5.74, 6) is -10.4. The fourth-order valence-electron chi connectivity index (χ4n) is 3.12. The summed E-state index contributed by atoms with van der Waals surface area (Å²) in [5, 5.41) is -7.00. The molecule has 0 spiro atoms. The highest BCUT2D eigenvalue weighted by molar-refractivity contribution is 7.87. The molecule has 2 aliphatic carbocycles. The number of halogens is 9. The lowest BCUT2D eigenvalue weighted by Crippen LogP contribution is -2.63. The van der Waals surface area contributed by atoms with Crippen LogP contribution in [0, 0.1) is 17.8 Å². The highest BCUT2D eigenvalue weighted by atomic mass is 32.2. The number of rotatable bonds is 4. The number of alkyl halides is 9. The van der Waals surface area contributed by atoms with Gasteiger partial charge in [0.05, 0.1) is 0 Å².